The van der Waals surface area contributed by atoms with Crippen molar-refractivity contribution in [3.8, 4) is 5.75 Å². The molecule has 4 nitrogen and oxygen atoms in total. The van der Waals surface area contributed by atoms with Gasteiger partial charge in [-0.05, 0) is 37.3 Å². The molecule has 1 aliphatic carbocycles. The third kappa shape index (κ3) is 3.22. The van der Waals surface area contributed by atoms with Gasteiger partial charge in [-0.15, -0.1) is 0 Å². The number of hydrogen-bond acceptors (Lipinski definition) is 3. The average molecular weight is 248 g/mol. The van der Waals surface area contributed by atoms with E-state index in [-0.39, 0.29) is 23.4 Å². The minimum absolute atomic E-state index is 0.0583. The van der Waals surface area contributed by atoms with Crippen LogP contribution in [0.3, 0.4) is 0 Å². The van der Waals surface area contributed by atoms with Crippen molar-refractivity contribution in [1.82, 2.24) is 10.3 Å². The number of rotatable bonds is 2. The second-order valence-corrected chi connectivity index (χ2v) is 5.15. The van der Waals surface area contributed by atoms with Crippen molar-refractivity contribution < 1.29 is 9.90 Å². The Balaban J connectivity index is 1.97. The van der Waals surface area contributed by atoms with Gasteiger partial charge in [0.2, 0.25) is 0 Å². The molecule has 0 spiro atoms. The van der Waals surface area contributed by atoms with Gasteiger partial charge >= 0.3 is 0 Å². The van der Waals surface area contributed by atoms with Gasteiger partial charge < -0.3 is 10.4 Å². The third-order valence-electron chi connectivity index (χ3n) is 3.59. The first-order valence-electron chi connectivity index (χ1n) is 6.61. The number of carbonyl (C=O) groups is 1. The van der Waals surface area contributed by atoms with Gasteiger partial charge in [0, 0.05) is 12.2 Å². The third-order valence-corrected chi connectivity index (χ3v) is 3.59. The van der Waals surface area contributed by atoms with Gasteiger partial charge in [-0.1, -0.05) is 19.8 Å². The minimum Gasteiger partial charge on any atom is -0.505 e. The number of pyridine rings is 1. The Hall–Kier alpha value is -1.58. The highest BCUT2D eigenvalue weighted by molar-refractivity contribution is 5.94. The number of amides is 1. The van der Waals surface area contributed by atoms with Crippen molar-refractivity contribution in [3.63, 3.8) is 0 Å². The topological polar surface area (TPSA) is 62.2 Å². The van der Waals surface area contributed by atoms with E-state index in [1.807, 2.05) is 0 Å². The van der Waals surface area contributed by atoms with E-state index in [1.165, 1.54) is 18.7 Å². The summed E-state index contributed by atoms with van der Waals surface area (Å²) in [6.45, 7) is 2.26. The first-order chi connectivity index (χ1) is 8.66. The van der Waals surface area contributed by atoms with Gasteiger partial charge in [0.25, 0.3) is 5.91 Å². The lowest BCUT2D eigenvalue weighted by Gasteiger charge is -2.16. The maximum atomic E-state index is 12.0. The number of nitrogens with one attached hydrogen (secondary N) is 1. The average Bonchev–Trinajstić information content (AvgIpc) is 2.55. The molecule has 2 atom stereocenters. The van der Waals surface area contributed by atoms with Crippen LogP contribution in [0.1, 0.15) is 49.5 Å². The zero-order chi connectivity index (χ0) is 13.0. The molecule has 0 aliphatic heterocycles. The highest BCUT2D eigenvalue weighted by Crippen LogP contribution is 2.23. The van der Waals surface area contributed by atoms with Crippen molar-refractivity contribution in [2.24, 2.45) is 5.92 Å². The van der Waals surface area contributed by atoms with E-state index in [0.29, 0.717) is 0 Å². The largest absolute Gasteiger partial charge is 0.505 e. The summed E-state index contributed by atoms with van der Waals surface area (Å²) in [5.74, 6) is 0.416. The van der Waals surface area contributed by atoms with Gasteiger partial charge in [-0.2, -0.15) is 0 Å². The highest BCUT2D eigenvalue weighted by atomic mass is 16.3. The molecule has 1 aliphatic rings. The summed E-state index contributed by atoms with van der Waals surface area (Å²) in [5, 5.41) is 12.6. The Kier molecular flexibility index (Phi) is 4.18. The molecule has 1 heterocycles. The molecule has 0 radical (unpaired) electrons. The first kappa shape index (κ1) is 12.9. The van der Waals surface area contributed by atoms with Crippen LogP contribution in [-0.4, -0.2) is 22.0 Å². The Morgan fingerprint density at radius 2 is 2.22 bits per heavy atom. The molecule has 2 unspecified atom stereocenters. The van der Waals surface area contributed by atoms with Crippen molar-refractivity contribution in [2.75, 3.05) is 0 Å². The molecular formula is C14H20N2O2. The van der Waals surface area contributed by atoms with Crippen LogP contribution in [0.25, 0.3) is 0 Å². The normalized spacial score (nSPS) is 24.3. The zero-order valence-electron chi connectivity index (χ0n) is 10.7. The molecule has 1 aromatic heterocycles. The van der Waals surface area contributed by atoms with Crippen LogP contribution >= 0.6 is 0 Å². The SMILES string of the molecule is CC1CCCC(NC(=O)c2ncccc2O)CC1. The van der Waals surface area contributed by atoms with Crippen molar-refractivity contribution >= 4 is 5.91 Å². The number of aromatic hydroxyl groups is 1. The summed E-state index contributed by atoms with van der Waals surface area (Å²) in [7, 11) is 0. The fraction of sp³-hybridized carbons (Fsp3) is 0.571. The molecule has 1 aromatic rings. The van der Waals surface area contributed by atoms with Crippen LogP contribution < -0.4 is 5.32 Å². The molecule has 18 heavy (non-hydrogen) atoms. The van der Waals surface area contributed by atoms with Crippen LogP contribution in [0, 0.1) is 5.92 Å². The van der Waals surface area contributed by atoms with E-state index in [4.69, 9.17) is 0 Å². The molecule has 0 bridgehead atoms. The fourth-order valence-electron chi connectivity index (χ4n) is 2.46. The quantitative estimate of drug-likeness (QED) is 0.790. The van der Waals surface area contributed by atoms with Crippen LogP contribution in [0.2, 0.25) is 0 Å². The molecule has 98 valence electrons. The predicted molar refractivity (Wildman–Crippen MR) is 69.4 cm³/mol. The van der Waals surface area contributed by atoms with Crippen molar-refractivity contribution in [1.29, 1.82) is 0 Å². The summed E-state index contributed by atoms with van der Waals surface area (Å²) in [4.78, 5) is 15.9. The molecule has 1 saturated carbocycles. The molecule has 1 amide bonds. The van der Waals surface area contributed by atoms with E-state index in [1.54, 1.807) is 6.07 Å². The van der Waals surface area contributed by atoms with Gasteiger partial charge in [0.05, 0.1) is 0 Å². The summed E-state index contributed by atoms with van der Waals surface area (Å²) >= 11 is 0. The Morgan fingerprint density at radius 3 is 3.00 bits per heavy atom. The monoisotopic (exact) mass is 248 g/mol. The maximum absolute atomic E-state index is 12.0. The number of carbonyl (C=O) groups excluding carboxylic acids is 1. The second-order valence-electron chi connectivity index (χ2n) is 5.15. The Bertz CT molecular complexity index is 420. The summed E-state index contributed by atoms with van der Waals surface area (Å²) in [5.41, 5.74) is 0.120. The fourth-order valence-corrected chi connectivity index (χ4v) is 2.46. The minimum atomic E-state index is -0.271. The Labute approximate surface area is 107 Å². The molecule has 4 heteroatoms. The first-order valence-corrected chi connectivity index (χ1v) is 6.61. The summed E-state index contributed by atoms with van der Waals surface area (Å²) in [6.07, 6.45) is 7.09. The van der Waals surface area contributed by atoms with Crippen LogP contribution in [0.5, 0.6) is 5.75 Å². The van der Waals surface area contributed by atoms with Crippen molar-refractivity contribution in [3.05, 3.63) is 24.0 Å². The molecule has 2 rings (SSSR count). The number of nitrogens with zero attached hydrogens (tertiary/aromatic N) is 1. The summed E-state index contributed by atoms with van der Waals surface area (Å²) < 4.78 is 0. The smallest absolute Gasteiger partial charge is 0.273 e. The van der Waals surface area contributed by atoms with Gasteiger partial charge in [0.1, 0.15) is 5.75 Å². The van der Waals surface area contributed by atoms with E-state index in [9.17, 15) is 9.90 Å². The molecule has 0 aromatic carbocycles. The van der Waals surface area contributed by atoms with E-state index >= 15 is 0 Å². The standard InChI is InChI=1S/C14H20N2O2/c1-10-4-2-5-11(8-7-10)16-14(18)13-12(17)6-3-9-15-13/h3,6,9-11,17H,2,4-5,7-8H2,1H3,(H,16,18). The molecule has 1 fully saturated rings. The van der Waals surface area contributed by atoms with Crippen LogP contribution in [0.15, 0.2) is 18.3 Å². The lowest BCUT2D eigenvalue weighted by molar-refractivity contribution is 0.0925. The summed E-state index contributed by atoms with van der Waals surface area (Å²) in [6, 6.07) is 3.31. The predicted octanol–water partition coefficient (Wildman–Crippen LogP) is 2.49. The molecule has 0 saturated heterocycles. The second kappa shape index (κ2) is 5.85. The highest BCUT2D eigenvalue weighted by Gasteiger charge is 2.20. The lowest BCUT2D eigenvalue weighted by Crippen LogP contribution is -2.34. The van der Waals surface area contributed by atoms with Crippen LogP contribution in [0.4, 0.5) is 0 Å². The van der Waals surface area contributed by atoms with Crippen LogP contribution in [-0.2, 0) is 0 Å². The van der Waals surface area contributed by atoms with E-state index in [2.05, 4.69) is 17.2 Å². The van der Waals surface area contributed by atoms with Gasteiger partial charge in [0.15, 0.2) is 5.69 Å². The van der Waals surface area contributed by atoms with E-state index < -0.39 is 0 Å². The molecular weight excluding hydrogens is 228 g/mol. The maximum Gasteiger partial charge on any atom is 0.273 e. The van der Waals surface area contributed by atoms with Gasteiger partial charge in [-0.3, -0.25) is 4.79 Å². The van der Waals surface area contributed by atoms with Gasteiger partial charge in [-0.25, -0.2) is 4.98 Å². The zero-order valence-corrected chi connectivity index (χ0v) is 10.7. The Morgan fingerprint density at radius 1 is 1.39 bits per heavy atom. The number of aromatic nitrogens is 1. The lowest BCUT2D eigenvalue weighted by atomic mass is 10.0. The number of hydrogen-bond donors (Lipinski definition) is 2. The van der Waals surface area contributed by atoms with E-state index in [0.717, 1.165) is 31.6 Å². The van der Waals surface area contributed by atoms with Crippen molar-refractivity contribution in [2.45, 2.75) is 45.1 Å². The molecule has 2 N–H and O–H groups in total.